The van der Waals surface area contributed by atoms with E-state index in [1.807, 2.05) is 11.8 Å². The van der Waals surface area contributed by atoms with Gasteiger partial charge >= 0.3 is 6.18 Å². The molecular formula is C19H34F3N5O. The number of guanidine groups is 1. The van der Waals surface area contributed by atoms with Crippen molar-refractivity contribution in [3.05, 3.63) is 0 Å². The fourth-order valence-corrected chi connectivity index (χ4v) is 3.80. The van der Waals surface area contributed by atoms with Gasteiger partial charge in [-0.05, 0) is 26.7 Å². The monoisotopic (exact) mass is 405 g/mol. The Morgan fingerprint density at radius 1 is 1.11 bits per heavy atom. The summed E-state index contributed by atoms with van der Waals surface area (Å²) < 4.78 is 38.7. The van der Waals surface area contributed by atoms with Crippen LogP contribution in [0.15, 0.2) is 4.99 Å². The van der Waals surface area contributed by atoms with Crippen LogP contribution in [0, 0.1) is 5.92 Å². The van der Waals surface area contributed by atoms with E-state index < -0.39 is 12.2 Å². The maximum atomic E-state index is 12.9. The Bertz CT molecular complexity index is 512. The largest absolute Gasteiger partial charge is 0.403 e. The third kappa shape index (κ3) is 6.83. The highest BCUT2D eigenvalue weighted by atomic mass is 19.4. The van der Waals surface area contributed by atoms with Gasteiger partial charge in [-0.1, -0.05) is 19.3 Å². The van der Waals surface area contributed by atoms with Gasteiger partial charge in [0.1, 0.15) is 6.04 Å². The highest BCUT2D eigenvalue weighted by Crippen LogP contribution is 2.25. The SMILES string of the molecule is CCNC(=NCCNC(=O)C1CCCCC1)N1CCN(C(C)C(F)(F)F)CC1. The first kappa shape index (κ1) is 22.8. The molecule has 0 radical (unpaired) electrons. The summed E-state index contributed by atoms with van der Waals surface area (Å²) in [5, 5.41) is 6.17. The van der Waals surface area contributed by atoms with E-state index >= 15 is 0 Å². The van der Waals surface area contributed by atoms with Crippen LogP contribution in [0.3, 0.4) is 0 Å². The van der Waals surface area contributed by atoms with Gasteiger partial charge in [0.2, 0.25) is 5.91 Å². The predicted molar refractivity (Wildman–Crippen MR) is 104 cm³/mol. The first-order valence-electron chi connectivity index (χ1n) is 10.4. The fourth-order valence-electron chi connectivity index (χ4n) is 3.80. The van der Waals surface area contributed by atoms with Crippen molar-refractivity contribution in [2.75, 3.05) is 45.8 Å². The molecule has 0 aromatic heterocycles. The number of piperazine rings is 1. The molecule has 2 N–H and O–H groups in total. The van der Waals surface area contributed by atoms with Crippen LogP contribution in [-0.4, -0.2) is 79.7 Å². The van der Waals surface area contributed by atoms with E-state index in [-0.39, 0.29) is 11.8 Å². The number of alkyl halides is 3. The molecule has 2 rings (SSSR count). The molecule has 162 valence electrons. The van der Waals surface area contributed by atoms with Crippen LogP contribution in [-0.2, 0) is 4.79 Å². The molecule has 1 amide bonds. The van der Waals surface area contributed by atoms with Gasteiger partial charge in [0.15, 0.2) is 5.96 Å². The molecule has 2 fully saturated rings. The molecule has 0 aromatic carbocycles. The van der Waals surface area contributed by atoms with Crippen molar-refractivity contribution in [3.8, 4) is 0 Å². The Morgan fingerprint density at radius 3 is 2.32 bits per heavy atom. The summed E-state index contributed by atoms with van der Waals surface area (Å²) in [5.74, 6) is 0.957. The lowest BCUT2D eigenvalue weighted by Crippen LogP contribution is -2.56. The molecule has 1 aliphatic heterocycles. The number of carbonyl (C=O) groups is 1. The molecule has 1 aliphatic carbocycles. The molecule has 1 saturated carbocycles. The third-order valence-corrected chi connectivity index (χ3v) is 5.62. The van der Waals surface area contributed by atoms with Gasteiger partial charge in [0.05, 0.1) is 6.54 Å². The number of nitrogens with one attached hydrogen (secondary N) is 2. The molecule has 0 spiro atoms. The average Bonchev–Trinajstić information content (AvgIpc) is 2.69. The summed E-state index contributed by atoms with van der Waals surface area (Å²) in [7, 11) is 0. The van der Waals surface area contributed by atoms with Crippen LogP contribution in [0.2, 0.25) is 0 Å². The van der Waals surface area contributed by atoms with Gasteiger partial charge < -0.3 is 15.5 Å². The first-order valence-corrected chi connectivity index (χ1v) is 10.4. The van der Waals surface area contributed by atoms with Gasteiger partial charge in [-0.25, -0.2) is 0 Å². The summed E-state index contributed by atoms with van der Waals surface area (Å²) in [6, 6.07) is -1.43. The second kappa shape index (κ2) is 10.9. The highest BCUT2D eigenvalue weighted by molar-refractivity contribution is 5.80. The van der Waals surface area contributed by atoms with Crippen LogP contribution in [0.25, 0.3) is 0 Å². The van der Waals surface area contributed by atoms with Crippen molar-refractivity contribution < 1.29 is 18.0 Å². The Hall–Kier alpha value is -1.51. The molecular weight excluding hydrogens is 371 g/mol. The van der Waals surface area contributed by atoms with E-state index in [4.69, 9.17) is 0 Å². The lowest BCUT2D eigenvalue weighted by molar-refractivity contribution is -0.181. The highest BCUT2D eigenvalue weighted by Gasteiger charge is 2.41. The van der Waals surface area contributed by atoms with E-state index in [2.05, 4.69) is 15.6 Å². The molecule has 2 aliphatic rings. The van der Waals surface area contributed by atoms with Gasteiger partial charge in [-0.3, -0.25) is 14.7 Å². The van der Waals surface area contributed by atoms with E-state index in [1.54, 1.807) is 0 Å². The standard InChI is InChI=1S/C19H34F3N5O/c1-3-23-18(25-10-9-24-17(28)16-7-5-4-6-8-16)27-13-11-26(12-14-27)15(2)19(20,21)22/h15-16H,3-14H2,1-2H3,(H,23,25)(H,24,28). The number of hydrogen-bond donors (Lipinski definition) is 2. The van der Waals surface area contributed by atoms with Gasteiger partial charge in [-0.2, -0.15) is 13.2 Å². The molecule has 1 heterocycles. The van der Waals surface area contributed by atoms with Crippen molar-refractivity contribution in [2.45, 2.75) is 58.2 Å². The molecule has 1 saturated heterocycles. The molecule has 28 heavy (non-hydrogen) atoms. The zero-order chi connectivity index (χ0) is 20.6. The van der Waals surface area contributed by atoms with Crippen LogP contribution in [0.5, 0.6) is 0 Å². The minimum absolute atomic E-state index is 0.120. The smallest absolute Gasteiger partial charge is 0.357 e. The fraction of sp³-hybridized carbons (Fsp3) is 0.895. The van der Waals surface area contributed by atoms with Crippen LogP contribution < -0.4 is 10.6 Å². The molecule has 0 aromatic rings. The van der Waals surface area contributed by atoms with Crippen LogP contribution >= 0.6 is 0 Å². The maximum Gasteiger partial charge on any atom is 0.403 e. The van der Waals surface area contributed by atoms with Crippen LogP contribution in [0.1, 0.15) is 46.0 Å². The van der Waals surface area contributed by atoms with E-state index in [9.17, 15) is 18.0 Å². The number of aliphatic imine (C=N–C) groups is 1. The summed E-state index contributed by atoms with van der Waals surface area (Å²) in [4.78, 5) is 20.2. The molecule has 0 bridgehead atoms. The Labute approximate surface area is 165 Å². The molecule has 1 atom stereocenters. The third-order valence-electron chi connectivity index (χ3n) is 5.62. The minimum atomic E-state index is -4.20. The maximum absolute atomic E-state index is 12.9. The first-order chi connectivity index (χ1) is 13.3. The quantitative estimate of drug-likeness (QED) is 0.404. The zero-order valence-corrected chi connectivity index (χ0v) is 17.0. The lowest BCUT2D eigenvalue weighted by atomic mass is 9.89. The summed E-state index contributed by atoms with van der Waals surface area (Å²) in [6.07, 6.45) is 1.21. The summed E-state index contributed by atoms with van der Waals surface area (Å²) in [5.41, 5.74) is 0. The zero-order valence-electron chi connectivity index (χ0n) is 17.0. The number of rotatable bonds is 6. The summed E-state index contributed by atoms with van der Waals surface area (Å²) in [6.45, 7) is 6.50. The van der Waals surface area contributed by atoms with E-state index in [0.717, 1.165) is 25.7 Å². The second-order valence-electron chi connectivity index (χ2n) is 7.60. The van der Waals surface area contributed by atoms with Gasteiger partial charge in [0, 0.05) is 45.2 Å². The van der Waals surface area contributed by atoms with Crippen molar-refractivity contribution >= 4 is 11.9 Å². The average molecular weight is 406 g/mol. The molecule has 1 unspecified atom stereocenters. The normalized spacial score (nSPS) is 21.5. The van der Waals surface area contributed by atoms with Crippen molar-refractivity contribution in [1.82, 2.24) is 20.4 Å². The minimum Gasteiger partial charge on any atom is -0.357 e. The topological polar surface area (TPSA) is 60.0 Å². The number of hydrogen-bond acceptors (Lipinski definition) is 3. The lowest BCUT2D eigenvalue weighted by Gasteiger charge is -2.39. The van der Waals surface area contributed by atoms with Gasteiger partial charge in [-0.15, -0.1) is 0 Å². The Kier molecular flexibility index (Phi) is 8.85. The van der Waals surface area contributed by atoms with Crippen molar-refractivity contribution in [1.29, 1.82) is 0 Å². The second-order valence-corrected chi connectivity index (χ2v) is 7.60. The summed E-state index contributed by atoms with van der Waals surface area (Å²) >= 11 is 0. The van der Waals surface area contributed by atoms with E-state index in [1.165, 1.54) is 18.2 Å². The Balaban J connectivity index is 1.78. The predicted octanol–water partition coefficient (Wildman–Crippen LogP) is 2.22. The molecule has 9 heteroatoms. The number of nitrogens with zero attached hydrogens (tertiary/aromatic N) is 3. The number of amides is 1. The Morgan fingerprint density at radius 2 is 1.75 bits per heavy atom. The number of carbonyl (C=O) groups excluding carboxylic acids is 1. The molecule has 6 nitrogen and oxygen atoms in total. The number of halogens is 3. The van der Waals surface area contributed by atoms with Crippen LogP contribution in [0.4, 0.5) is 13.2 Å². The van der Waals surface area contributed by atoms with Crippen molar-refractivity contribution in [2.24, 2.45) is 10.9 Å². The van der Waals surface area contributed by atoms with Gasteiger partial charge in [0.25, 0.3) is 0 Å². The van der Waals surface area contributed by atoms with Crippen molar-refractivity contribution in [3.63, 3.8) is 0 Å². The van der Waals surface area contributed by atoms with E-state index in [0.29, 0.717) is 51.8 Å².